The minimum Gasteiger partial charge on any atom is -0.506 e. The van der Waals surface area contributed by atoms with Crippen molar-refractivity contribution < 1.29 is 9.50 Å². The number of halogens is 2. The molecule has 8 heteroatoms. The van der Waals surface area contributed by atoms with E-state index in [2.05, 4.69) is 10.3 Å². The van der Waals surface area contributed by atoms with Gasteiger partial charge in [-0.3, -0.25) is 4.98 Å². The molecule has 1 aliphatic heterocycles. The lowest BCUT2D eigenvalue weighted by molar-refractivity contribution is 0.472. The number of aromatic nitrogens is 2. The number of thiocarbonyl (C=S) groups is 1. The SMILES string of the molecule is Oc1ccccc1N1C(=S)N[C@H](c2ccccn2)[C@H]1c1cccn1-c1ccc(F)c(Cl)c1. The van der Waals surface area contributed by atoms with Gasteiger partial charge in [-0.1, -0.05) is 29.8 Å². The minimum absolute atomic E-state index is 0.0426. The first-order valence-corrected chi connectivity index (χ1v) is 10.7. The van der Waals surface area contributed by atoms with E-state index in [4.69, 9.17) is 23.8 Å². The average Bonchev–Trinajstić information content (AvgIpc) is 3.41. The molecule has 2 N–H and O–H groups in total. The number of hydrogen-bond acceptors (Lipinski definition) is 3. The molecule has 1 fully saturated rings. The number of rotatable bonds is 4. The standard InChI is InChI=1S/C24H18ClFN4OS/c25-16-14-15(10-11-17(16)26)29-13-5-8-20(29)23-22(18-6-3-4-12-27-18)28-24(32)30(23)19-7-1-2-9-21(19)31/h1-14,22-23,31H,(H,28,32)/t22-,23-/m1/s1. The van der Waals surface area contributed by atoms with Crippen LogP contribution in [0.15, 0.2) is 85.2 Å². The van der Waals surface area contributed by atoms with Gasteiger partial charge in [-0.05, 0) is 66.8 Å². The summed E-state index contributed by atoms with van der Waals surface area (Å²) in [7, 11) is 0. The van der Waals surface area contributed by atoms with Crippen molar-refractivity contribution in [2.75, 3.05) is 4.90 Å². The number of anilines is 1. The number of benzene rings is 2. The molecule has 5 nitrogen and oxygen atoms in total. The van der Waals surface area contributed by atoms with E-state index in [1.54, 1.807) is 30.5 Å². The third-order valence-corrected chi connectivity index (χ3v) is 6.11. The quantitative estimate of drug-likeness (QED) is 0.388. The summed E-state index contributed by atoms with van der Waals surface area (Å²) >= 11 is 11.8. The molecular formula is C24H18ClFN4OS. The van der Waals surface area contributed by atoms with Crippen LogP contribution in [0, 0.1) is 5.82 Å². The van der Waals surface area contributed by atoms with Crippen molar-refractivity contribution in [3.8, 4) is 11.4 Å². The molecule has 3 heterocycles. The highest BCUT2D eigenvalue weighted by Crippen LogP contribution is 2.44. The van der Waals surface area contributed by atoms with Crippen molar-refractivity contribution >= 4 is 34.6 Å². The molecule has 0 unspecified atom stereocenters. The summed E-state index contributed by atoms with van der Waals surface area (Å²) < 4.78 is 15.7. The second-order valence-electron chi connectivity index (χ2n) is 7.39. The van der Waals surface area contributed by atoms with Gasteiger partial charge in [-0.15, -0.1) is 0 Å². The fourth-order valence-corrected chi connectivity index (χ4v) is 4.60. The lowest BCUT2D eigenvalue weighted by atomic mass is 10.0. The van der Waals surface area contributed by atoms with Gasteiger partial charge >= 0.3 is 0 Å². The zero-order valence-corrected chi connectivity index (χ0v) is 18.3. The van der Waals surface area contributed by atoms with E-state index in [1.807, 2.05) is 58.1 Å². The highest BCUT2D eigenvalue weighted by molar-refractivity contribution is 7.80. The Labute approximate surface area is 194 Å². The third-order valence-electron chi connectivity index (χ3n) is 5.50. The Kier molecular flexibility index (Phi) is 5.28. The topological polar surface area (TPSA) is 53.3 Å². The van der Waals surface area contributed by atoms with E-state index in [0.717, 1.165) is 11.4 Å². The molecule has 2 aromatic heterocycles. The molecule has 1 saturated heterocycles. The van der Waals surface area contributed by atoms with Gasteiger partial charge in [0.15, 0.2) is 5.11 Å². The summed E-state index contributed by atoms with van der Waals surface area (Å²) in [5.41, 5.74) is 2.98. The smallest absolute Gasteiger partial charge is 0.174 e. The second kappa shape index (κ2) is 8.26. The Morgan fingerprint density at radius 3 is 2.59 bits per heavy atom. The van der Waals surface area contributed by atoms with Gasteiger partial charge in [0.2, 0.25) is 0 Å². The van der Waals surface area contributed by atoms with Crippen LogP contribution in [-0.2, 0) is 0 Å². The number of aromatic hydroxyl groups is 1. The molecule has 2 atom stereocenters. The number of nitrogens with zero attached hydrogens (tertiary/aromatic N) is 3. The van der Waals surface area contributed by atoms with E-state index in [9.17, 15) is 9.50 Å². The van der Waals surface area contributed by atoms with Crippen LogP contribution in [0.4, 0.5) is 10.1 Å². The first-order valence-electron chi connectivity index (χ1n) is 9.96. The van der Waals surface area contributed by atoms with Crippen molar-refractivity contribution in [1.82, 2.24) is 14.9 Å². The lowest BCUT2D eigenvalue weighted by Gasteiger charge is -2.29. The molecule has 160 valence electrons. The summed E-state index contributed by atoms with van der Waals surface area (Å²) in [4.78, 5) is 6.43. The minimum atomic E-state index is -0.477. The molecule has 0 radical (unpaired) electrons. The molecule has 32 heavy (non-hydrogen) atoms. The highest BCUT2D eigenvalue weighted by Gasteiger charge is 2.42. The molecule has 0 spiro atoms. The largest absolute Gasteiger partial charge is 0.506 e. The molecule has 2 aromatic carbocycles. The van der Waals surface area contributed by atoms with Gasteiger partial charge in [0.05, 0.1) is 22.4 Å². The molecule has 0 aliphatic carbocycles. The Bertz CT molecular complexity index is 1300. The third kappa shape index (κ3) is 3.49. The van der Waals surface area contributed by atoms with Gasteiger partial charge < -0.3 is 19.9 Å². The Balaban J connectivity index is 1.69. The number of phenols is 1. The van der Waals surface area contributed by atoms with Crippen molar-refractivity contribution in [2.45, 2.75) is 12.1 Å². The predicted octanol–water partition coefficient (Wildman–Crippen LogP) is 5.55. The van der Waals surface area contributed by atoms with Crippen molar-refractivity contribution in [3.63, 3.8) is 0 Å². The first kappa shape index (κ1) is 20.5. The highest BCUT2D eigenvalue weighted by atomic mass is 35.5. The zero-order valence-electron chi connectivity index (χ0n) is 16.7. The Hall–Kier alpha value is -3.42. The molecule has 0 bridgehead atoms. The molecule has 1 aliphatic rings. The van der Waals surface area contributed by atoms with Crippen LogP contribution in [0.3, 0.4) is 0 Å². The van der Waals surface area contributed by atoms with Crippen LogP contribution in [0.25, 0.3) is 5.69 Å². The van der Waals surface area contributed by atoms with Crippen LogP contribution in [0.2, 0.25) is 5.02 Å². The maximum atomic E-state index is 13.8. The predicted molar refractivity (Wildman–Crippen MR) is 127 cm³/mol. The van der Waals surface area contributed by atoms with Crippen molar-refractivity contribution in [3.05, 3.63) is 107 Å². The second-order valence-corrected chi connectivity index (χ2v) is 8.18. The molecule has 5 rings (SSSR count). The van der Waals surface area contributed by atoms with Crippen LogP contribution in [-0.4, -0.2) is 19.8 Å². The van der Waals surface area contributed by atoms with Crippen LogP contribution in [0.5, 0.6) is 5.75 Å². The van der Waals surface area contributed by atoms with Crippen molar-refractivity contribution in [2.24, 2.45) is 0 Å². The monoisotopic (exact) mass is 464 g/mol. The number of phenolic OH excluding ortho intramolecular Hbond substituents is 1. The Morgan fingerprint density at radius 1 is 1.03 bits per heavy atom. The normalized spacial score (nSPS) is 18.1. The number of para-hydroxylation sites is 2. The van der Waals surface area contributed by atoms with E-state index >= 15 is 0 Å². The fraction of sp³-hybridized carbons (Fsp3) is 0.0833. The summed E-state index contributed by atoms with van der Waals surface area (Å²) in [5.74, 6) is -0.360. The molecule has 4 aromatic rings. The van der Waals surface area contributed by atoms with Crippen molar-refractivity contribution in [1.29, 1.82) is 0 Å². The zero-order chi connectivity index (χ0) is 22.2. The van der Waals surface area contributed by atoms with Crippen LogP contribution in [0.1, 0.15) is 23.5 Å². The summed E-state index contributed by atoms with van der Waals surface area (Å²) in [6.45, 7) is 0. The maximum Gasteiger partial charge on any atom is 0.174 e. The lowest BCUT2D eigenvalue weighted by Crippen LogP contribution is -2.30. The number of hydrogen-bond donors (Lipinski definition) is 2. The molecule has 0 amide bonds. The summed E-state index contributed by atoms with van der Waals surface area (Å²) in [6.07, 6.45) is 3.62. The van der Waals surface area contributed by atoms with E-state index in [-0.39, 0.29) is 22.9 Å². The fourth-order valence-electron chi connectivity index (χ4n) is 4.09. The Morgan fingerprint density at radius 2 is 1.84 bits per heavy atom. The molecule has 0 saturated carbocycles. The van der Waals surface area contributed by atoms with E-state index in [1.165, 1.54) is 6.07 Å². The average molecular weight is 465 g/mol. The van der Waals surface area contributed by atoms with Gasteiger partial charge in [0.1, 0.15) is 17.6 Å². The van der Waals surface area contributed by atoms with Gasteiger partial charge in [-0.25, -0.2) is 4.39 Å². The van der Waals surface area contributed by atoms with Gasteiger partial charge in [0, 0.05) is 23.8 Å². The number of nitrogens with one attached hydrogen (secondary N) is 1. The van der Waals surface area contributed by atoms with Crippen LogP contribution >= 0.6 is 23.8 Å². The van der Waals surface area contributed by atoms with E-state index < -0.39 is 5.82 Å². The summed E-state index contributed by atoms with van der Waals surface area (Å²) in [5, 5.41) is 14.5. The first-order chi connectivity index (χ1) is 15.5. The van der Waals surface area contributed by atoms with Gasteiger partial charge in [-0.2, -0.15) is 0 Å². The van der Waals surface area contributed by atoms with E-state index in [0.29, 0.717) is 16.5 Å². The molecular weight excluding hydrogens is 447 g/mol. The number of pyridine rings is 1. The van der Waals surface area contributed by atoms with Gasteiger partial charge in [0.25, 0.3) is 0 Å². The maximum absolute atomic E-state index is 13.8. The van der Waals surface area contributed by atoms with Crippen LogP contribution < -0.4 is 10.2 Å². The summed E-state index contributed by atoms with van der Waals surface area (Å²) in [6, 6.07) is 20.6.